The quantitative estimate of drug-likeness (QED) is 0.145. The number of hydrogen-bond acceptors (Lipinski definition) is 8. The second-order valence-electron chi connectivity index (χ2n) is 6.27. The van der Waals surface area contributed by atoms with Crippen LogP contribution >= 0.6 is 24.4 Å². The van der Waals surface area contributed by atoms with E-state index < -0.39 is 53.8 Å². The molecule has 0 rings (SSSR count). The van der Waals surface area contributed by atoms with Gasteiger partial charge in [0.2, 0.25) is 23.6 Å². The van der Waals surface area contributed by atoms with Gasteiger partial charge in [0.1, 0.15) is 18.1 Å². The first-order valence-corrected chi connectivity index (χ1v) is 10.8. The van der Waals surface area contributed by atoms with Crippen LogP contribution in [0.1, 0.15) is 26.2 Å². The van der Waals surface area contributed by atoms with E-state index in [-0.39, 0.29) is 25.0 Å². The average Bonchev–Trinajstić information content (AvgIpc) is 2.66. The van der Waals surface area contributed by atoms with E-state index >= 15 is 0 Å². The molecule has 0 heterocycles. The molecule has 166 valence electrons. The van der Waals surface area contributed by atoms with Crippen LogP contribution in [0.2, 0.25) is 0 Å². The smallest absolute Gasteiger partial charge is 0.325 e. The fourth-order valence-corrected chi connectivity index (χ4v) is 2.71. The van der Waals surface area contributed by atoms with Gasteiger partial charge in [-0.25, -0.2) is 0 Å². The molecule has 4 unspecified atom stereocenters. The SMILES string of the molecule is CSCCC(NC(=O)C(N)CS)C(=O)NC(CCC(N)=O)C(=O)NC(C)C(=O)O. The van der Waals surface area contributed by atoms with Gasteiger partial charge in [-0.3, -0.25) is 24.0 Å². The number of carboxylic acids is 1. The van der Waals surface area contributed by atoms with Crippen LogP contribution in [-0.2, 0) is 24.0 Å². The molecule has 11 nitrogen and oxygen atoms in total. The van der Waals surface area contributed by atoms with Crippen LogP contribution in [0.15, 0.2) is 0 Å². The average molecular weight is 452 g/mol. The Kier molecular flexibility index (Phi) is 13.1. The Balaban J connectivity index is 5.30. The third kappa shape index (κ3) is 10.9. The molecule has 0 aromatic rings. The number of carbonyl (C=O) groups is 5. The van der Waals surface area contributed by atoms with Crippen molar-refractivity contribution in [2.24, 2.45) is 11.5 Å². The van der Waals surface area contributed by atoms with Gasteiger partial charge in [0.15, 0.2) is 0 Å². The second kappa shape index (κ2) is 14.1. The molecular weight excluding hydrogens is 422 g/mol. The number of hydrogen-bond donors (Lipinski definition) is 7. The van der Waals surface area contributed by atoms with E-state index in [1.54, 1.807) is 0 Å². The first-order valence-electron chi connectivity index (χ1n) is 8.81. The number of rotatable bonds is 14. The highest BCUT2D eigenvalue weighted by atomic mass is 32.2. The number of aliphatic carboxylic acids is 1. The molecule has 0 aromatic heterocycles. The van der Waals surface area contributed by atoms with Crippen LogP contribution in [0.3, 0.4) is 0 Å². The normalized spacial score (nSPS) is 14.8. The number of carbonyl (C=O) groups excluding carboxylic acids is 4. The summed E-state index contributed by atoms with van der Waals surface area (Å²) in [6.45, 7) is 1.26. The zero-order valence-corrected chi connectivity index (χ0v) is 18.1. The molecular formula is C16H29N5O6S2. The molecule has 29 heavy (non-hydrogen) atoms. The van der Waals surface area contributed by atoms with Crippen LogP contribution in [0.4, 0.5) is 0 Å². The number of carboxylic acid groups (broad SMARTS) is 1. The van der Waals surface area contributed by atoms with Crippen LogP contribution in [0.5, 0.6) is 0 Å². The number of thioether (sulfide) groups is 1. The van der Waals surface area contributed by atoms with Gasteiger partial charge in [-0.2, -0.15) is 24.4 Å². The van der Waals surface area contributed by atoms with Crippen molar-refractivity contribution in [1.82, 2.24) is 16.0 Å². The molecule has 0 bridgehead atoms. The molecule has 4 amide bonds. The fraction of sp³-hybridized carbons (Fsp3) is 0.688. The minimum atomic E-state index is -1.26. The summed E-state index contributed by atoms with van der Waals surface area (Å²) in [5.74, 6) is -3.33. The predicted molar refractivity (Wildman–Crippen MR) is 112 cm³/mol. The highest BCUT2D eigenvalue weighted by molar-refractivity contribution is 7.98. The van der Waals surface area contributed by atoms with Crippen LogP contribution in [0, 0.1) is 0 Å². The zero-order chi connectivity index (χ0) is 22.6. The molecule has 0 aliphatic rings. The summed E-state index contributed by atoms with van der Waals surface area (Å²) in [4.78, 5) is 59.1. The lowest BCUT2D eigenvalue weighted by Gasteiger charge is -2.24. The molecule has 0 spiro atoms. The monoisotopic (exact) mass is 451 g/mol. The van der Waals surface area contributed by atoms with Gasteiger partial charge in [0.25, 0.3) is 0 Å². The zero-order valence-electron chi connectivity index (χ0n) is 16.3. The lowest BCUT2D eigenvalue weighted by Crippen LogP contribution is -2.57. The van der Waals surface area contributed by atoms with Gasteiger partial charge >= 0.3 is 5.97 Å². The standard InChI is InChI=1S/C16H29N5O6S2/c1-8(16(26)27)19-14(24)10(3-4-12(18)22)21-15(25)11(5-6-29-2)20-13(23)9(17)7-28/h8-11,28H,3-7,17H2,1-2H3,(H2,18,22)(H,19,24)(H,20,23)(H,21,25)(H,26,27). The highest BCUT2D eigenvalue weighted by Gasteiger charge is 2.29. The van der Waals surface area contributed by atoms with Crippen LogP contribution in [-0.4, -0.2) is 76.6 Å². The number of nitrogens with one attached hydrogen (secondary N) is 3. The van der Waals surface area contributed by atoms with Crippen molar-refractivity contribution in [3.8, 4) is 0 Å². The molecule has 0 fully saturated rings. The van der Waals surface area contributed by atoms with E-state index in [0.717, 1.165) is 0 Å². The molecule has 0 aromatic carbocycles. The lowest BCUT2D eigenvalue weighted by molar-refractivity contribution is -0.142. The Hall–Kier alpha value is -1.99. The van der Waals surface area contributed by atoms with E-state index in [1.807, 2.05) is 6.26 Å². The fourth-order valence-electron chi connectivity index (χ4n) is 2.07. The van der Waals surface area contributed by atoms with Crippen molar-refractivity contribution < 1.29 is 29.1 Å². The summed E-state index contributed by atoms with van der Waals surface area (Å²) >= 11 is 5.40. The second-order valence-corrected chi connectivity index (χ2v) is 7.62. The summed E-state index contributed by atoms with van der Waals surface area (Å²) < 4.78 is 0. The number of amides is 4. The van der Waals surface area contributed by atoms with E-state index in [2.05, 4.69) is 28.6 Å². The summed E-state index contributed by atoms with van der Waals surface area (Å²) in [5, 5.41) is 16.1. The Bertz CT molecular complexity index is 606. The van der Waals surface area contributed by atoms with Gasteiger partial charge < -0.3 is 32.5 Å². The topological polar surface area (TPSA) is 194 Å². The summed E-state index contributed by atoms with van der Waals surface area (Å²) in [6.07, 6.45) is 1.77. The van der Waals surface area contributed by atoms with Crippen molar-refractivity contribution in [3.63, 3.8) is 0 Å². The van der Waals surface area contributed by atoms with E-state index in [9.17, 15) is 24.0 Å². The maximum atomic E-state index is 12.7. The molecule has 0 radical (unpaired) electrons. The van der Waals surface area contributed by atoms with Gasteiger partial charge in [-0.05, 0) is 31.8 Å². The summed E-state index contributed by atoms with van der Waals surface area (Å²) in [5.41, 5.74) is 10.7. The van der Waals surface area contributed by atoms with E-state index in [4.69, 9.17) is 16.6 Å². The Morgan fingerprint density at radius 3 is 2.00 bits per heavy atom. The van der Waals surface area contributed by atoms with E-state index in [0.29, 0.717) is 5.75 Å². The van der Waals surface area contributed by atoms with Crippen molar-refractivity contribution in [2.45, 2.75) is 50.4 Å². The van der Waals surface area contributed by atoms with Crippen LogP contribution < -0.4 is 27.4 Å². The Morgan fingerprint density at radius 1 is 1.00 bits per heavy atom. The van der Waals surface area contributed by atoms with Gasteiger partial charge in [-0.1, -0.05) is 0 Å². The molecule has 8 N–H and O–H groups in total. The number of thiol groups is 1. The maximum Gasteiger partial charge on any atom is 0.325 e. The summed E-state index contributed by atoms with van der Waals surface area (Å²) in [6, 6.07) is -4.28. The lowest BCUT2D eigenvalue weighted by atomic mass is 10.1. The van der Waals surface area contributed by atoms with Gasteiger partial charge in [-0.15, -0.1) is 0 Å². The summed E-state index contributed by atoms with van der Waals surface area (Å²) in [7, 11) is 0. The Morgan fingerprint density at radius 2 is 1.52 bits per heavy atom. The number of nitrogens with two attached hydrogens (primary N) is 2. The molecule has 0 aliphatic heterocycles. The molecule has 4 atom stereocenters. The van der Waals surface area contributed by atoms with Crippen LogP contribution in [0.25, 0.3) is 0 Å². The third-order valence-corrected chi connectivity index (χ3v) is 4.86. The van der Waals surface area contributed by atoms with E-state index in [1.165, 1.54) is 18.7 Å². The highest BCUT2D eigenvalue weighted by Crippen LogP contribution is 2.05. The van der Waals surface area contributed by atoms with Gasteiger partial charge in [0.05, 0.1) is 6.04 Å². The van der Waals surface area contributed by atoms with Crippen molar-refractivity contribution in [3.05, 3.63) is 0 Å². The first kappa shape index (κ1) is 27.0. The first-order chi connectivity index (χ1) is 13.5. The van der Waals surface area contributed by atoms with Crippen molar-refractivity contribution >= 4 is 54.0 Å². The minimum Gasteiger partial charge on any atom is -0.480 e. The molecule has 0 aliphatic carbocycles. The molecule has 0 saturated carbocycles. The third-order valence-electron chi connectivity index (χ3n) is 3.82. The Labute approximate surface area is 178 Å². The van der Waals surface area contributed by atoms with Gasteiger partial charge in [0, 0.05) is 12.2 Å². The largest absolute Gasteiger partial charge is 0.480 e. The predicted octanol–water partition coefficient (Wildman–Crippen LogP) is -2.18. The number of primary amides is 1. The van der Waals surface area contributed by atoms with Crippen molar-refractivity contribution in [2.75, 3.05) is 17.8 Å². The molecule has 0 saturated heterocycles. The maximum absolute atomic E-state index is 12.7. The minimum absolute atomic E-state index is 0.0828. The van der Waals surface area contributed by atoms with Crippen molar-refractivity contribution in [1.29, 1.82) is 0 Å². The molecule has 13 heteroatoms.